The minimum Gasteiger partial charge on any atom is -0.352 e. The van der Waals surface area contributed by atoms with Crippen molar-refractivity contribution in [2.45, 2.75) is 17.5 Å². The summed E-state index contributed by atoms with van der Waals surface area (Å²) in [7, 11) is -2.54. The molecule has 31 heavy (non-hydrogen) atoms. The van der Waals surface area contributed by atoms with Gasteiger partial charge in [-0.15, -0.1) is 0 Å². The Balaban J connectivity index is 1.77. The van der Waals surface area contributed by atoms with Gasteiger partial charge < -0.3 is 9.88 Å². The third kappa shape index (κ3) is 5.43. The largest absolute Gasteiger partial charge is 0.416 e. The van der Waals surface area contributed by atoms with Gasteiger partial charge in [-0.3, -0.25) is 9.52 Å². The van der Waals surface area contributed by atoms with Crippen molar-refractivity contribution in [2.24, 2.45) is 7.05 Å². The zero-order valence-corrected chi connectivity index (χ0v) is 17.2. The molecule has 0 aliphatic rings. The highest BCUT2D eigenvalue weighted by Gasteiger charge is 2.31. The van der Waals surface area contributed by atoms with E-state index in [9.17, 15) is 26.4 Å². The molecule has 0 unspecified atom stereocenters. The molecule has 0 bridgehead atoms. The average Bonchev–Trinajstić information content (AvgIpc) is 3.12. The number of rotatable bonds is 7. The van der Waals surface area contributed by atoms with E-state index in [1.807, 2.05) is 11.6 Å². The predicted molar refractivity (Wildman–Crippen MR) is 108 cm³/mol. The fourth-order valence-electron chi connectivity index (χ4n) is 2.83. The number of anilines is 1. The first-order valence-electron chi connectivity index (χ1n) is 9.11. The highest BCUT2D eigenvalue weighted by Crippen LogP contribution is 2.31. The van der Waals surface area contributed by atoms with Gasteiger partial charge in [0.25, 0.3) is 15.9 Å². The van der Waals surface area contributed by atoms with E-state index >= 15 is 0 Å². The monoisotopic (exact) mass is 452 g/mol. The molecule has 164 valence electrons. The quantitative estimate of drug-likeness (QED) is 0.576. The van der Waals surface area contributed by atoms with E-state index in [1.54, 1.807) is 18.5 Å². The van der Waals surface area contributed by atoms with Gasteiger partial charge in [-0.1, -0.05) is 18.2 Å². The average molecular weight is 452 g/mol. The molecular weight excluding hydrogens is 433 g/mol. The zero-order valence-electron chi connectivity index (χ0n) is 16.3. The van der Waals surface area contributed by atoms with Gasteiger partial charge >= 0.3 is 6.18 Å². The van der Waals surface area contributed by atoms with Crippen LogP contribution < -0.4 is 10.0 Å². The molecule has 3 rings (SSSR count). The van der Waals surface area contributed by atoms with Crippen LogP contribution in [0.2, 0.25) is 0 Å². The second-order valence-electron chi connectivity index (χ2n) is 6.64. The number of benzene rings is 2. The lowest BCUT2D eigenvalue weighted by Crippen LogP contribution is -2.27. The van der Waals surface area contributed by atoms with Crippen LogP contribution in [-0.4, -0.2) is 30.4 Å². The van der Waals surface area contributed by atoms with E-state index in [0.717, 1.165) is 24.0 Å². The van der Waals surface area contributed by atoms with Crippen LogP contribution in [0.1, 0.15) is 21.7 Å². The Kier molecular flexibility index (Phi) is 6.34. The fraction of sp³-hybridized carbons (Fsp3) is 0.200. The van der Waals surface area contributed by atoms with Crippen LogP contribution in [0.25, 0.3) is 0 Å². The summed E-state index contributed by atoms with van der Waals surface area (Å²) in [5.41, 5.74) is -1.09. The van der Waals surface area contributed by atoms with Crippen molar-refractivity contribution < 1.29 is 26.4 Å². The summed E-state index contributed by atoms with van der Waals surface area (Å²) < 4.78 is 68.1. The molecule has 0 saturated carbocycles. The normalized spacial score (nSPS) is 11.9. The number of sulfonamides is 1. The molecular formula is C20H19F3N4O3S. The summed E-state index contributed by atoms with van der Waals surface area (Å²) in [4.78, 5) is 16.2. The lowest BCUT2D eigenvalue weighted by molar-refractivity contribution is -0.137. The Morgan fingerprint density at radius 3 is 2.55 bits per heavy atom. The lowest BCUT2D eigenvalue weighted by Gasteiger charge is -2.14. The predicted octanol–water partition coefficient (Wildman–Crippen LogP) is 3.21. The van der Waals surface area contributed by atoms with Gasteiger partial charge in [-0.25, -0.2) is 13.4 Å². The molecule has 3 aromatic rings. The lowest BCUT2D eigenvalue weighted by atomic mass is 10.1. The first-order chi connectivity index (χ1) is 14.6. The molecule has 1 aromatic heterocycles. The Morgan fingerprint density at radius 1 is 1.13 bits per heavy atom. The third-order valence-corrected chi connectivity index (χ3v) is 5.81. The van der Waals surface area contributed by atoms with E-state index in [4.69, 9.17) is 0 Å². The molecule has 1 heterocycles. The second kappa shape index (κ2) is 8.80. The minimum absolute atomic E-state index is 0.0397. The number of nitrogens with one attached hydrogen (secondary N) is 2. The van der Waals surface area contributed by atoms with Crippen LogP contribution in [0, 0.1) is 0 Å². The highest BCUT2D eigenvalue weighted by molar-refractivity contribution is 7.92. The van der Waals surface area contributed by atoms with E-state index in [-0.39, 0.29) is 17.8 Å². The van der Waals surface area contributed by atoms with E-state index in [0.29, 0.717) is 12.5 Å². The molecule has 0 aliphatic heterocycles. The summed E-state index contributed by atoms with van der Waals surface area (Å²) in [5.74, 6) is 0.232. The number of carbonyl (C=O) groups is 1. The maximum absolute atomic E-state index is 12.9. The van der Waals surface area contributed by atoms with Crippen molar-refractivity contribution in [1.82, 2.24) is 14.9 Å². The van der Waals surface area contributed by atoms with Crippen molar-refractivity contribution in [3.05, 3.63) is 77.9 Å². The molecule has 0 aliphatic carbocycles. The van der Waals surface area contributed by atoms with E-state index < -0.39 is 32.6 Å². The number of para-hydroxylation sites is 1. The summed E-state index contributed by atoms with van der Waals surface area (Å²) >= 11 is 0. The van der Waals surface area contributed by atoms with Crippen molar-refractivity contribution in [1.29, 1.82) is 0 Å². The van der Waals surface area contributed by atoms with Gasteiger partial charge in [-0.2, -0.15) is 13.2 Å². The molecule has 0 saturated heterocycles. The number of amides is 1. The maximum Gasteiger partial charge on any atom is 0.416 e. The van der Waals surface area contributed by atoms with Gasteiger partial charge in [0.15, 0.2) is 0 Å². The van der Waals surface area contributed by atoms with E-state index in [2.05, 4.69) is 15.0 Å². The zero-order chi connectivity index (χ0) is 22.6. The highest BCUT2D eigenvalue weighted by atomic mass is 32.2. The van der Waals surface area contributed by atoms with E-state index in [1.165, 1.54) is 18.2 Å². The number of aromatic nitrogens is 2. The van der Waals surface area contributed by atoms with Gasteiger partial charge in [-0.05, 0) is 30.3 Å². The SMILES string of the molecule is Cn1ccnc1CCNC(=O)c1ccccc1NS(=O)(=O)c1cccc(C(F)(F)F)c1. The van der Waals surface area contributed by atoms with Crippen LogP contribution in [0.4, 0.5) is 18.9 Å². The topological polar surface area (TPSA) is 93.1 Å². The molecule has 7 nitrogen and oxygen atoms in total. The van der Waals surface area contributed by atoms with Crippen LogP contribution in [0.5, 0.6) is 0 Å². The molecule has 0 spiro atoms. The molecule has 2 aromatic carbocycles. The number of hydrogen-bond acceptors (Lipinski definition) is 4. The van der Waals surface area contributed by atoms with Crippen LogP contribution in [-0.2, 0) is 29.7 Å². The third-order valence-electron chi connectivity index (χ3n) is 4.44. The van der Waals surface area contributed by atoms with Crippen molar-refractivity contribution in [3.63, 3.8) is 0 Å². The van der Waals surface area contributed by atoms with Gasteiger partial charge in [0.1, 0.15) is 5.82 Å². The van der Waals surface area contributed by atoms with Crippen molar-refractivity contribution in [3.8, 4) is 0 Å². The van der Waals surface area contributed by atoms with Gasteiger partial charge in [0.2, 0.25) is 0 Å². The smallest absolute Gasteiger partial charge is 0.352 e. The Morgan fingerprint density at radius 2 is 1.87 bits per heavy atom. The number of aryl methyl sites for hydroxylation is 1. The summed E-state index contributed by atoms with van der Waals surface area (Å²) in [6, 6.07) is 9.21. The molecule has 1 amide bonds. The first-order valence-corrected chi connectivity index (χ1v) is 10.6. The number of hydrogen-bond donors (Lipinski definition) is 2. The summed E-state index contributed by atoms with van der Waals surface area (Å²) in [5, 5.41) is 2.68. The van der Waals surface area contributed by atoms with Crippen LogP contribution in [0.15, 0.2) is 65.8 Å². The summed E-state index contributed by atoms with van der Waals surface area (Å²) in [6.07, 6.45) is -0.812. The number of carbonyl (C=O) groups excluding carboxylic acids is 1. The van der Waals surface area contributed by atoms with Gasteiger partial charge in [0, 0.05) is 32.4 Å². The number of nitrogens with zero attached hydrogens (tertiary/aromatic N) is 2. The fourth-order valence-corrected chi connectivity index (χ4v) is 3.96. The standard InChI is InChI=1S/C20H19F3N4O3S/c1-27-12-11-24-18(27)9-10-25-19(28)16-7-2-3-8-17(16)26-31(29,30)15-6-4-5-14(13-15)20(21,22)23/h2-8,11-13,26H,9-10H2,1H3,(H,25,28). The number of imidazole rings is 1. The molecule has 0 atom stereocenters. The number of alkyl halides is 3. The summed E-state index contributed by atoms with van der Waals surface area (Å²) in [6.45, 7) is 0.262. The molecule has 2 N–H and O–H groups in total. The maximum atomic E-state index is 12.9. The molecule has 11 heteroatoms. The Labute approximate surface area is 177 Å². The molecule has 0 fully saturated rings. The Bertz CT molecular complexity index is 1190. The molecule has 0 radical (unpaired) electrons. The second-order valence-corrected chi connectivity index (χ2v) is 8.32. The van der Waals surface area contributed by atoms with Gasteiger partial charge in [0.05, 0.1) is 21.7 Å². The van der Waals surface area contributed by atoms with Crippen LogP contribution in [0.3, 0.4) is 0 Å². The number of halogens is 3. The van der Waals surface area contributed by atoms with Crippen molar-refractivity contribution in [2.75, 3.05) is 11.3 Å². The van der Waals surface area contributed by atoms with Crippen molar-refractivity contribution >= 4 is 21.6 Å². The Hall–Kier alpha value is -3.34. The minimum atomic E-state index is -4.68. The van der Waals surface area contributed by atoms with Crippen LogP contribution >= 0.6 is 0 Å². The first kappa shape index (κ1) is 22.3.